The first-order valence-corrected chi connectivity index (χ1v) is 5.78. The van der Waals surface area contributed by atoms with Crippen LogP contribution in [0, 0.1) is 10.1 Å². The van der Waals surface area contributed by atoms with Crippen molar-refractivity contribution in [3.8, 4) is 11.5 Å². The number of rotatable bonds is 2. The lowest BCUT2D eigenvalue weighted by atomic mass is 10.0. The van der Waals surface area contributed by atoms with Crippen LogP contribution in [0.25, 0.3) is 0 Å². The highest BCUT2D eigenvalue weighted by Gasteiger charge is 2.28. The third kappa shape index (κ3) is 2.58. The summed E-state index contributed by atoms with van der Waals surface area (Å²) in [6.07, 6.45) is 0. The van der Waals surface area contributed by atoms with E-state index in [0.29, 0.717) is 23.6 Å². The second kappa shape index (κ2) is 5.60. The van der Waals surface area contributed by atoms with Gasteiger partial charge in [0.05, 0.1) is 22.6 Å². The van der Waals surface area contributed by atoms with Crippen LogP contribution in [-0.2, 0) is 0 Å². The summed E-state index contributed by atoms with van der Waals surface area (Å²) in [6, 6.07) is 3.06. The van der Waals surface area contributed by atoms with Crippen molar-refractivity contribution in [2.45, 2.75) is 6.04 Å². The van der Waals surface area contributed by atoms with Crippen LogP contribution in [0.3, 0.4) is 0 Å². The Morgan fingerprint density at radius 2 is 2.00 bits per heavy atom. The molecule has 1 atom stereocenters. The largest absolute Gasteiger partial charge is 0.454 e. The molecule has 0 saturated carbocycles. The van der Waals surface area contributed by atoms with Crippen molar-refractivity contribution in [3.05, 3.63) is 27.8 Å². The van der Waals surface area contributed by atoms with E-state index in [4.69, 9.17) is 9.47 Å². The van der Waals surface area contributed by atoms with Gasteiger partial charge in [0, 0.05) is 19.6 Å². The van der Waals surface area contributed by atoms with Gasteiger partial charge in [0.2, 0.25) is 6.79 Å². The van der Waals surface area contributed by atoms with Gasteiger partial charge in [0.25, 0.3) is 5.69 Å². The van der Waals surface area contributed by atoms with E-state index in [1.54, 1.807) is 6.07 Å². The maximum absolute atomic E-state index is 11.1. The molecule has 2 aliphatic rings. The quantitative estimate of drug-likeness (QED) is 0.623. The zero-order valence-electron chi connectivity index (χ0n) is 10.0. The highest BCUT2D eigenvalue weighted by molar-refractivity contribution is 5.85. The van der Waals surface area contributed by atoms with Crippen molar-refractivity contribution in [2.24, 2.45) is 0 Å². The van der Waals surface area contributed by atoms with Gasteiger partial charge in [0.15, 0.2) is 11.5 Å². The smallest absolute Gasteiger partial charge is 0.278 e. The van der Waals surface area contributed by atoms with Gasteiger partial charge >= 0.3 is 0 Å². The lowest BCUT2D eigenvalue weighted by molar-refractivity contribution is -0.385. The van der Waals surface area contributed by atoms with Crippen LogP contribution >= 0.6 is 12.4 Å². The number of nitro groups is 1. The SMILES string of the molecule is Cl.O=[N+]([O-])c1cc2c(cc1[C@H]1CNCCN1)OCO2. The standard InChI is InChI=1S/C11H13N3O4.ClH/c15-14(16)9-4-11-10(17-6-18-11)3-7(9)8-5-12-1-2-13-8;/h3-4,8,12-13H,1-2,5-6H2;1H/t8-;/m1./s1. The summed E-state index contributed by atoms with van der Waals surface area (Å²) in [5.41, 5.74) is 0.705. The maximum Gasteiger partial charge on any atom is 0.278 e. The molecule has 1 saturated heterocycles. The molecule has 1 aromatic carbocycles. The second-order valence-corrected chi connectivity index (χ2v) is 4.23. The number of nitro benzene ring substituents is 1. The van der Waals surface area contributed by atoms with Gasteiger partial charge in [-0.15, -0.1) is 12.4 Å². The molecule has 1 fully saturated rings. The van der Waals surface area contributed by atoms with Crippen molar-refractivity contribution < 1.29 is 14.4 Å². The molecule has 2 N–H and O–H groups in total. The van der Waals surface area contributed by atoms with Crippen LogP contribution in [0.15, 0.2) is 12.1 Å². The molecule has 0 amide bonds. The third-order valence-corrected chi connectivity index (χ3v) is 3.13. The van der Waals surface area contributed by atoms with Crippen molar-refractivity contribution in [1.82, 2.24) is 10.6 Å². The Labute approximate surface area is 115 Å². The monoisotopic (exact) mass is 287 g/mol. The van der Waals surface area contributed by atoms with E-state index < -0.39 is 0 Å². The predicted molar refractivity (Wildman–Crippen MR) is 70.1 cm³/mol. The van der Waals surface area contributed by atoms with Crippen LogP contribution in [0.5, 0.6) is 11.5 Å². The Kier molecular flexibility index (Phi) is 4.08. The van der Waals surface area contributed by atoms with Crippen LogP contribution < -0.4 is 20.1 Å². The lowest BCUT2D eigenvalue weighted by Crippen LogP contribution is -2.42. The highest BCUT2D eigenvalue weighted by atomic mass is 35.5. The molecular weight excluding hydrogens is 274 g/mol. The third-order valence-electron chi connectivity index (χ3n) is 3.13. The Balaban J connectivity index is 0.00000133. The molecule has 0 bridgehead atoms. The molecule has 3 rings (SSSR count). The molecule has 1 aromatic rings. The van der Waals surface area contributed by atoms with Gasteiger partial charge < -0.3 is 20.1 Å². The van der Waals surface area contributed by atoms with Gasteiger partial charge in [-0.25, -0.2) is 0 Å². The van der Waals surface area contributed by atoms with Crippen molar-refractivity contribution >= 4 is 18.1 Å². The molecule has 104 valence electrons. The average Bonchev–Trinajstić information content (AvgIpc) is 2.85. The number of ether oxygens (including phenoxy) is 2. The fourth-order valence-corrected chi connectivity index (χ4v) is 2.26. The van der Waals surface area contributed by atoms with Crippen LogP contribution in [-0.4, -0.2) is 31.4 Å². The van der Waals surface area contributed by atoms with Crippen molar-refractivity contribution in [3.63, 3.8) is 0 Å². The average molecular weight is 288 g/mol. The van der Waals surface area contributed by atoms with E-state index in [1.807, 2.05) is 0 Å². The molecule has 0 aromatic heterocycles. The number of fused-ring (bicyclic) bond motifs is 1. The van der Waals surface area contributed by atoms with Gasteiger partial charge in [-0.2, -0.15) is 0 Å². The molecule has 8 heteroatoms. The number of hydrogen-bond acceptors (Lipinski definition) is 6. The zero-order chi connectivity index (χ0) is 12.5. The van der Waals surface area contributed by atoms with Crippen LogP contribution in [0.1, 0.15) is 11.6 Å². The second-order valence-electron chi connectivity index (χ2n) is 4.23. The molecule has 0 radical (unpaired) electrons. The topological polar surface area (TPSA) is 85.7 Å². The maximum atomic E-state index is 11.1. The normalized spacial score (nSPS) is 20.7. The minimum Gasteiger partial charge on any atom is -0.454 e. The van der Waals surface area contributed by atoms with E-state index in [0.717, 1.165) is 13.1 Å². The van der Waals surface area contributed by atoms with Gasteiger partial charge in [-0.1, -0.05) is 0 Å². The van der Waals surface area contributed by atoms with Crippen molar-refractivity contribution in [1.29, 1.82) is 0 Å². The summed E-state index contributed by atoms with van der Waals surface area (Å²) < 4.78 is 10.4. The first-order valence-electron chi connectivity index (χ1n) is 5.78. The minimum atomic E-state index is -0.381. The summed E-state index contributed by atoms with van der Waals surface area (Å²) >= 11 is 0. The Morgan fingerprint density at radius 1 is 1.26 bits per heavy atom. The molecule has 7 nitrogen and oxygen atoms in total. The molecule has 0 aliphatic carbocycles. The number of nitrogens with one attached hydrogen (secondary N) is 2. The first kappa shape index (κ1) is 13.9. The van der Waals surface area contributed by atoms with Gasteiger partial charge in [-0.3, -0.25) is 10.1 Å². The van der Waals surface area contributed by atoms with E-state index in [2.05, 4.69) is 10.6 Å². The summed E-state index contributed by atoms with van der Waals surface area (Å²) in [4.78, 5) is 10.7. The van der Waals surface area contributed by atoms with E-state index in [-0.39, 0.29) is 35.9 Å². The number of nitrogens with zero attached hydrogens (tertiary/aromatic N) is 1. The number of halogens is 1. The Morgan fingerprint density at radius 3 is 2.63 bits per heavy atom. The van der Waals surface area contributed by atoms with Gasteiger partial charge in [-0.05, 0) is 6.07 Å². The molecule has 2 aliphatic heterocycles. The summed E-state index contributed by atoms with van der Waals surface area (Å²) in [5, 5.41) is 17.6. The minimum absolute atomic E-state index is 0. The Hall–Kier alpha value is -1.57. The van der Waals surface area contributed by atoms with E-state index >= 15 is 0 Å². The molecule has 2 heterocycles. The lowest BCUT2D eigenvalue weighted by Gasteiger charge is -2.24. The van der Waals surface area contributed by atoms with Crippen LogP contribution in [0.4, 0.5) is 5.69 Å². The summed E-state index contributed by atoms with van der Waals surface area (Å²) in [5.74, 6) is 1.01. The predicted octanol–water partition coefficient (Wildman–Crippen LogP) is 0.979. The number of benzene rings is 1. The fourth-order valence-electron chi connectivity index (χ4n) is 2.26. The number of hydrogen-bond donors (Lipinski definition) is 2. The van der Waals surface area contributed by atoms with Crippen LogP contribution in [0.2, 0.25) is 0 Å². The molecule has 19 heavy (non-hydrogen) atoms. The number of piperazine rings is 1. The first-order chi connectivity index (χ1) is 8.75. The molecule has 0 spiro atoms. The summed E-state index contributed by atoms with van der Waals surface area (Å²) in [7, 11) is 0. The van der Waals surface area contributed by atoms with E-state index in [9.17, 15) is 10.1 Å². The van der Waals surface area contributed by atoms with Gasteiger partial charge in [0.1, 0.15) is 0 Å². The molecule has 0 unspecified atom stereocenters. The van der Waals surface area contributed by atoms with Crippen molar-refractivity contribution in [2.75, 3.05) is 26.4 Å². The fraction of sp³-hybridized carbons (Fsp3) is 0.455. The molecular formula is C11H14ClN3O4. The highest BCUT2D eigenvalue weighted by Crippen LogP contribution is 2.40. The zero-order valence-corrected chi connectivity index (χ0v) is 10.9. The summed E-state index contributed by atoms with van der Waals surface area (Å²) in [6.45, 7) is 2.44. The van der Waals surface area contributed by atoms with E-state index in [1.165, 1.54) is 6.07 Å². The Bertz CT molecular complexity index is 491.